The molecular weight excluding hydrogens is 426 g/mol. The van der Waals surface area contributed by atoms with Gasteiger partial charge in [-0.1, -0.05) is 0 Å². The fraction of sp³-hybridized carbons (Fsp3) is 0.105. The van der Waals surface area contributed by atoms with E-state index < -0.39 is 15.6 Å². The molecule has 30 heavy (non-hydrogen) atoms. The minimum Gasteiger partial charge on any atom is -0.480 e. The molecule has 0 fully saturated rings. The van der Waals surface area contributed by atoms with Crippen LogP contribution in [-0.2, 0) is 10.0 Å². The first-order valence-electron chi connectivity index (χ1n) is 8.68. The molecule has 3 N–H and O–H groups in total. The lowest BCUT2D eigenvalue weighted by Gasteiger charge is -2.13. The summed E-state index contributed by atoms with van der Waals surface area (Å²) in [6.45, 7) is 1.73. The second-order valence-electron chi connectivity index (χ2n) is 6.44. The van der Waals surface area contributed by atoms with Crippen LogP contribution in [0.4, 0.5) is 11.4 Å². The van der Waals surface area contributed by atoms with E-state index in [9.17, 15) is 13.2 Å². The maximum absolute atomic E-state index is 12.8. The molecule has 0 saturated carbocycles. The number of fused-ring (bicyclic) bond motifs is 1. The smallest absolute Gasteiger partial charge is 0.281 e. The van der Waals surface area contributed by atoms with Crippen molar-refractivity contribution in [3.05, 3.63) is 64.2 Å². The Morgan fingerprint density at radius 2 is 1.97 bits per heavy atom. The van der Waals surface area contributed by atoms with Gasteiger partial charge in [0.2, 0.25) is 5.88 Å². The summed E-state index contributed by atoms with van der Waals surface area (Å²) in [4.78, 5) is 20.6. The Bertz CT molecular complexity index is 1430. The number of pyridine rings is 2. The highest BCUT2D eigenvalue weighted by molar-refractivity contribution is 7.94. The van der Waals surface area contributed by atoms with Crippen LogP contribution in [0, 0.1) is 6.92 Å². The van der Waals surface area contributed by atoms with Gasteiger partial charge in [-0.15, -0.1) is 11.3 Å². The van der Waals surface area contributed by atoms with Gasteiger partial charge in [0.15, 0.2) is 0 Å². The number of sulfonamides is 1. The fourth-order valence-electron chi connectivity index (χ4n) is 2.93. The zero-order chi connectivity index (χ0) is 21.5. The van der Waals surface area contributed by atoms with E-state index in [0.29, 0.717) is 22.3 Å². The molecule has 154 valence electrons. The third-order valence-corrected chi connectivity index (χ3v) is 7.46. The molecule has 0 radical (unpaired) electrons. The van der Waals surface area contributed by atoms with Crippen LogP contribution in [0.2, 0.25) is 0 Å². The summed E-state index contributed by atoms with van der Waals surface area (Å²) in [5.74, 6) is 0.125. The van der Waals surface area contributed by atoms with E-state index in [4.69, 9.17) is 10.5 Å². The molecule has 11 heteroatoms. The highest BCUT2D eigenvalue weighted by Crippen LogP contribution is 2.31. The van der Waals surface area contributed by atoms with E-state index >= 15 is 0 Å². The molecule has 0 aliphatic rings. The largest absolute Gasteiger partial charge is 0.480 e. The fourth-order valence-corrected chi connectivity index (χ4v) is 5.40. The molecule has 0 aliphatic heterocycles. The molecule has 0 saturated heterocycles. The summed E-state index contributed by atoms with van der Waals surface area (Å²) >= 11 is 1.13. The van der Waals surface area contributed by atoms with Crippen LogP contribution in [0.3, 0.4) is 0 Å². The molecule has 4 aromatic rings. The third kappa shape index (κ3) is 3.48. The molecule has 0 aromatic carbocycles. The van der Waals surface area contributed by atoms with Gasteiger partial charge in [0.05, 0.1) is 13.3 Å². The van der Waals surface area contributed by atoms with E-state index in [2.05, 4.69) is 14.7 Å². The number of hydrogen-bond donors (Lipinski definition) is 2. The maximum Gasteiger partial charge on any atom is 0.281 e. The first-order valence-corrected chi connectivity index (χ1v) is 11.0. The number of nitrogens with one attached hydrogen (secondary N) is 1. The Kier molecular flexibility index (Phi) is 4.92. The molecule has 0 spiro atoms. The SMILES string of the molecule is COc1ncc(-c2ccc3ncc(N)c(=O)n3c2)cc1NS(=O)(=O)c1sccc1C. The summed E-state index contributed by atoms with van der Waals surface area (Å²) in [7, 11) is -2.41. The lowest BCUT2D eigenvalue weighted by molar-refractivity contribution is 0.400. The minimum atomic E-state index is -3.81. The van der Waals surface area contributed by atoms with Gasteiger partial charge < -0.3 is 10.5 Å². The van der Waals surface area contributed by atoms with Gasteiger partial charge in [0.1, 0.15) is 21.2 Å². The topological polar surface area (TPSA) is 129 Å². The van der Waals surface area contributed by atoms with Crippen LogP contribution in [0.25, 0.3) is 16.8 Å². The molecule has 4 heterocycles. The molecule has 4 rings (SSSR count). The van der Waals surface area contributed by atoms with Crippen molar-refractivity contribution in [3.63, 3.8) is 0 Å². The van der Waals surface area contributed by atoms with Gasteiger partial charge >= 0.3 is 0 Å². The van der Waals surface area contributed by atoms with Crippen molar-refractivity contribution in [2.45, 2.75) is 11.1 Å². The normalized spacial score (nSPS) is 11.5. The molecule has 0 aliphatic carbocycles. The Balaban J connectivity index is 1.80. The van der Waals surface area contributed by atoms with E-state index in [1.165, 1.54) is 23.9 Å². The van der Waals surface area contributed by atoms with Crippen molar-refractivity contribution >= 4 is 38.4 Å². The number of nitrogens with two attached hydrogens (primary N) is 1. The standard InChI is InChI=1S/C19H17N5O4S2/c1-11-5-6-29-19(11)30(26,27)23-15-7-13(8-22-17(15)28-2)12-3-4-16-21-9-14(20)18(25)24(16)10-12/h3-10,23H,20H2,1-2H3. The number of ether oxygens (including phenoxy) is 1. The second-order valence-corrected chi connectivity index (χ2v) is 9.24. The average Bonchev–Trinajstić information content (AvgIpc) is 3.17. The number of methoxy groups -OCH3 is 1. The number of aryl methyl sites for hydroxylation is 1. The number of hydrogen-bond acceptors (Lipinski definition) is 8. The van der Waals surface area contributed by atoms with E-state index in [1.54, 1.807) is 42.8 Å². The van der Waals surface area contributed by atoms with Crippen molar-refractivity contribution in [3.8, 4) is 17.0 Å². The van der Waals surface area contributed by atoms with Crippen molar-refractivity contribution in [1.82, 2.24) is 14.4 Å². The van der Waals surface area contributed by atoms with Gasteiger partial charge in [-0.3, -0.25) is 13.9 Å². The van der Waals surface area contributed by atoms with Gasteiger partial charge in [-0.05, 0) is 42.1 Å². The van der Waals surface area contributed by atoms with Gasteiger partial charge in [-0.2, -0.15) is 0 Å². The highest BCUT2D eigenvalue weighted by atomic mass is 32.2. The van der Waals surface area contributed by atoms with Crippen LogP contribution in [0.5, 0.6) is 5.88 Å². The van der Waals surface area contributed by atoms with Crippen LogP contribution in [0.1, 0.15) is 5.56 Å². The Morgan fingerprint density at radius 3 is 2.67 bits per heavy atom. The summed E-state index contributed by atoms with van der Waals surface area (Å²) in [6.07, 6.45) is 4.41. The Labute approximate surface area is 175 Å². The summed E-state index contributed by atoms with van der Waals surface area (Å²) in [5, 5.41) is 1.71. The Morgan fingerprint density at radius 1 is 1.17 bits per heavy atom. The first-order chi connectivity index (χ1) is 14.3. The van der Waals surface area contributed by atoms with Crippen molar-refractivity contribution in [1.29, 1.82) is 0 Å². The summed E-state index contributed by atoms with van der Waals surface area (Å²) in [6, 6.07) is 6.75. The number of anilines is 2. The predicted octanol–water partition coefficient (Wildman–Crippen LogP) is 2.52. The lowest BCUT2D eigenvalue weighted by atomic mass is 10.1. The zero-order valence-corrected chi connectivity index (χ0v) is 17.6. The molecule has 4 aromatic heterocycles. The van der Waals surface area contributed by atoms with Crippen molar-refractivity contribution in [2.24, 2.45) is 0 Å². The number of nitrogen functional groups attached to an aromatic ring is 1. The van der Waals surface area contributed by atoms with Crippen LogP contribution in [0.15, 0.2) is 57.2 Å². The summed E-state index contributed by atoms with van der Waals surface area (Å²) in [5.41, 5.74) is 7.77. The highest BCUT2D eigenvalue weighted by Gasteiger charge is 2.21. The van der Waals surface area contributed by atoms with Crippen LogP contribution < -0.4 is 20.8 Å². The second kappa shape index (κ2) is 7.43. The molecule has 0 amide bonds. The van der Waals surface area contributed by atoms with Crippen molar-refractivity contribution in [2.75, 3.05) is 17.6 Å². The molecule has 0 atom stereocenters. The molecular formula is C19H17N5O4S2. The van der Waals surface area contributed by atoms with E-state index in [0.717, 1.165) is 11.3 Å². The number of aromatic nitrogens is 3. The minimum absolute atomic E-state index is 0.0253. The van der Waals surface area contributed by atoms with Gasteiger partial charge in [0.25, 0.3) is 15.6 Å². The zero-order valence-electron chi connectivity index (χ0n) is 16.0. The van der Waals surface area contributed by atoms with Gasteiger partial charge in [-0.25, -0.2) is 18.4 Å². The van der Waals surface area contributed by atoms with E-state index in [-0.39, 0.29) is 21.5 Å². The summed E-state index contributed by atoms with van der Waals surface area (Å²) < 4.78 is 34.9. The van der Waals surface area contributed by atoms with Gasteiger partial charge in [0, 0.05) is 23.5 Å². The molecule has 9 nitrogen and oxygen atoms in total. The monoisotopic (exact) mass is 443 g/mol. The van der Waals surface area contributed by atoms with Crippen molar-refractivity contribution < 1.29 is 13.2 Å². The third-order valence-electron chi connectivity index (χ3n) is 4.41. The molecule has 0 unspecified atom stereocenters. The maximum atomic E-state index is 12.8. The number of rotatable bonds is 5. The van der Waals surface area contributed by atoms with Crippen LogP contribution in [-0.4, -0.2) is 29.9 Å². The lowest BCUT2D eigenvalue weighted by Crippen LogP contribution is -2.18. The average molecular weight is 444 g/mol. The molecule has 0 bridgehead atoms. The Hall–Kier alpha value is -3.44. The number of thiophene rings is 1. The predicted molar refractivity (Wildman–Crippen MR) is 116 cm³/mol. The van der Waals surface area contributed by atoms with Crippen LogP contribution >= 0.6 is 11.3 Å². The first kappa shape index (κ1) is 19.9. The number of nitrogens with zero attached hydrogens (tertiary/aromatic N) is 3. The van der Waals surface area contributed by atoms with E-state index in [1.807, 2.05) is 0 Å². The quantitative estimate of drug-likeness (QED) is 0.485.